The van der Waals surface area contributed by atoms with E-state index in [2.05, 4.69) is 12.0 Å². The van der Waals surface area contributed by atoms with Gasteiger partial charge in [-0.1, -0.05) is 11.6 Å². The van der Waals surface area contributed by atoms with Gasteiger partial charge in [-0.05, 0) is 31.7 Å². The van der Waals surface area contributed by atoms with Crippen LogP contribution in [-0.2, 0) is 4.74 Å². The summed E-state index contributed by atoms with van der Waals surface area (Å²) in [4.78, 5) is 0. The zero-order chi connectivity index (χ0) is 9.97. The molecule has 1 saturated heterocycles. The molecule has 3 nitrogen and oxygen atoms in total. The Morgan fingerprint density at radius 3 is 2.86 bits per heavy atom. The van der Waals surface area contributed by atoms with Gasteiger partial charge in [0.05, 0.1) is 12.2 Å². The van der Waals surface area contributed by atoms with Crippen molar-refractivity contribution in [2.24, 2.45) is 5.92 Å². The Bertz CT molecular complexity index is 294. The van der Waals surface area contributed by atoms with Crippen molar-refractivity contribution in [2.45, 2.75) is 25.8 Å². The third-order valence-electron chi connectivity index (χ3n) is 2.96. The van der Waals surface area contributed by atoms with Crippen molar-refractivity contribution < 1.29 is 4.74 Å². The maximum absolute atomic E-state index is 6.02. The average Bonchev–Trinajstić information content (AvgIpc) is 2.65. The molecule has 4 heteroatoms. The van der Waals surface area contributed by atoms with E-state index >= 15 is 0 Å². The molecule has 1 aromatic rings. The lowest BCUT2D eigenvalue weighted by Gasteiger charge is -2.28. The van der Waals surface area contributed by atoms with Gasteiger partial charge < -0.3 is 4.74 Å². The molecule has 0 spiro atoms. The van der Waals surface area contributed by atoms with Crippen molar-refractivity contribution in [3.05, 3.63) is 17.4 Å². The molecule has 2 heterocycles. The second kappa shape index (κ2) is 4.32. The number of ether oxygens (including phenoxy) is 1. The maximum atomic E-state index is 6.02. The molecule has 0 saturated carbocycles. The summed E-state index contributed by atoms with van der Waals surface area (Å²) in [7, 11) is 0. The third-order valence-corrected chi connectivity index (χ3v) is 3.26. The van der Waals surface area contributed by atoms with Crippen LogP contribution in [0.4, 0.5) is 0 Å². The zero-order valence-electron chi connectivity index (χ0n) is 8.32. The fraction of sp³-hybridized carbons (Fsp3) is 0.700. The highest BCUT2D eigenvalue weighted by molar-refractivity contribution is 6.29. The Morgan fingerprint density at radius 2 is 2.29 bits per heavy atom. The van der Waals surface area contributed by atoms with Gasteiger partial charge in [0, 0.05) is 13.2 Å². The van der Waals surface area contributed by atoms with E-state index in [1.54, 1.807) is 6.20 Å². The minimum Gasteiger partial charge on any atom is -0.381 e. The molecule has 0 radical (unpaired) electrons. The number of hydrogen-bond donors (Lipinski definition) is 0. The molecule has 2 rings (SSSR count). The summed E-state index contributed by atoms with van der Waals surface area (Å²) in [5.74, 6) is 0.640. The largest absolute Gasteiger partial charge is 0.381 e. The molecule has 1 atom stereocenters. The quantitative estimate of drug-likeness (QED) is 0.757. The maximum Gasteiger partial charge on any atom is 0.127 e. The van der Waals surface area contributed by atoms with E-state index in [4.69, 9.17) is 16.3 Å². The van der Waals surface area contributed by atoms with Gasteiger partial charge in [-0.15, -0.1) is 0 Å². The topological polar surface area (TPSA) is 27.1 Å². The van der Waals surface area contributed by atoms with Crippen LogP contribution in [0.3, 0.4) is 0 Å². The second-order valence-corrected chi connectivity index (χ2v) is 4.18. The summed E-state index contributed by atoms with van der Waals surface area (Å²) >= 11 is 6.02. The number of halogens is 1. The Morgan fingerprint density at radius 1 is 1.57 bits per heavy atom. The predicted molar refractivity (Wildman–Crippen MR) is 55.5 cm³/mol. The summed E-state index contributed by atoms with van der Waals surface area (Å²) in [6, 6.07) is 2.21. The summed E-state index contributed by atoms with van der Waals surface area (Å²) in [6.07, 6.45) is 3.97. The fourth-order valence-electron chi connectivity index (χ4n) is 2.00. The number of aromatic nitrogens is 2. The monoisotopic (exact) mass is 214 g/mol. The molecular formula is C10H15ClN2O. The molecule has 78 valence electrons. The first kappa shape index (κ1) is 9.99. The third kappa shape index (κ3) is 1.93. The molecule has 1 aromatic heterocycles. The van der Waals surface area contributed by atoms with Crippen LogP contribution in [0, 0.1) is 5.92 Å². The van der Waals surface area contributed by atoms with E-state index in [9.17, 15) is 0 Å². The lowest BCUT2D eigenvalue weighted by atomic mass is 9.93. The normalized spacial score (nSPS) is 21.0. The highest BCUT2D eigenvalue weighted by atomic mass is 35.5. The Balaban J connectivity index is 2.07. The van der Waals surface area contributed by atoms with Gasteiger partial charge in [-0.2, -0.15) is 5.10 Å². The number of hydrogen-bond acceptors (Lipinski definition) is 2. The standard InChI is InChI=1S/C10H15ClN2O/c1-8(9-3-6-14-7-4-9)13-10(11)2-5-12-13/h2,5,8-9H,3-4,6-7H2,1H3. The van der Waals surface area contributed by atoms with Crippen molar-refractivity contribution in [3.63, 3.8) is 0 Å². The van der Waals surface area contributed by atoms with E-state index in [0.717, 1.165) is 31.2 Å². The fourth-order valence-corrected chi connectivity index (χ4v) is 2.25. The highest BCUT2D eigenvalue weighted by Crippen LogP contribution is 2.28. The smallest absolute Gasteiger partial charge is 0.127 e. The summed E-state index contributed by atoms with van der Waals surface area (Å²) < 4.78 is 7.24. The molecule has 0 amide bonds. The molecule has 0 aromatic carbocycles. The average molecular weight is 215 g/mol. The van der Waals surface area contributed by atoms with Crippen LogP contribution in [0.1, 0.15) is 25.8 Å². The molecule has 1 unspecified atom stereocenters. The van der Waals surface area contributed by atoms with Gasteiger partial charge >= 0.3 is 0 Å². The molecule has 0 bridgehead atoms. The van der Waals surface area contributed by atoms with Gasteiger partial charge in [0.2, 0.25) is 0 Å². The molecular weight excluding hydrogens is 200 g/mol. The minimum absolute atomic E-state index is 0.376. The Labute approximate surface area is 89.0 Å². The molecule has 1 aliphatic heterocycles. The minimum atomic E-state index is 0.376. The van der Waals surface area contributed by atoms with E-state index in [1.807, 2.05) is 10.7 Å². The van der Waals surface area contributed by atoms with Gasteiger partial charge in [0.1, 0.15) is 5.15 Å². The van der Waals surface area contributed by atoms with E-state index in [-0.39, 0.29) is 0 Å². The lowest BCUT2D eigenvalue weighted by Crippen LogP contribution is -2.24. The number of nitrogens with zero attached hydrogens (tertiary/aromatic N) is 2. The van der Waals surface area contributed by atoms with Crippen LogP contribution in [0.25, 0.3) is 0 Å². The second-order valence-electron chi connectivity index (χ2n) is 3.79. The van der Waals surface area contributed by atoms with Crippen LogP contribution in [0.15, 0.2) is 12.3 Å². The van der Waals surface area contributed by atoms with Crippen molar-refractivity contribution in [2.75, 3.05) is 13.2 Å². The van der Waals surface area contributed by atoms with Crippen LogP contribution in [0.2, 0.25) is 5.15 Å². The summed E-state index contributed by atoms with van der Waals surface area (Å²) in [5.41, 5.74) is 0. The first-order valence-corrected chi connectivity index (χ1v) is 5.43. The van der Waals surface area contributed by atoms with Gasteiger partial charge in [-0.3, -0.25) is 4.68 Å². The zero-order valence-corrected chi connectivity index (χ0v) is 9.07. The van der Waals surface area contributed by atoms with Crippen LogP contribution in [0.5, 0.6) is 0 Å². The molecule has 14 heavy (non-hydrogen) atoms. The Kier molecular flexibility index (Phi) is 3.08. The molecule has 0 aliphatic carbocycles. The van der Waals surface area contributed by atoms with Crippen LogP contribution < -0.4 is 0 Å². The van der Waals surface area contributed by atoms with E-state index < -0.39 is 0 Å². The van der Waals surface area contributed by atoms with Crippen molar-refractivity contribution in [1.29, 1.82) is 0 Å². The summed E-state index contributed by atoms with van der Waals surface area (Å²) in [5, 5.41) is 4.96. The first-order chi connectivity index (χ1) is 6.79. The first-order valence-electron chi connectivity index (χ1n) is 5.06. The molecule has 0 N–H and O–H groups in total. The van der Waals surface area contributed by atoms with Gasteiger partial charge in [0.25, 0.3) is 0 Å². The van der Waals surface area contributed by atoms with E-state index in [0.29, 0.717) is 12.0 Å². The highest BCUT2D eigenvalue weighted by Gasteiger charge is 2.23. The van der Waals surface area contributed by atoms with Crippen molar-refractivity contribution in [3.8, 4) is 0 Å². The van der Waals surface area contributed by atoms with Crippen LogP contribution in [-0.4, -0.2) is 23.0 Å². The van der Waals surface area contributed by atoms with Crippen LogP contribution >= 0.6 is 11.6 Å². The predicted octanol–water partition coefficient (Wildman–Crippen LogP) is 2.52. The van der Waals surface area contributed by atoms with Crippen molar-refractivity contribution >= 4 is 11.6 Å². The summed E-state index contributed by atoms with van der Waals surface area (Å²) in [6.45, 7) is 3.91. The Hall–Kier alpha value is -0.540. The lowest BCUT2D eigenvalue weighted by molar-refractivity contribution is 0.0496. The SMILES string of the molecule is CC(C1CCOCC1)n1nccc1Cl. The molecule has 1 aliphatic rings. The number of rotatable bonds is 2. The van der Waals surface area contributed by atoms with Crippen molar-refractivity contribution in [1.82, 2.24) is 9.78 Å². The van der Waals surface area contributed by atoms with Gasteiger partial charge in [0.15, 0.2) is 0 Å². The molecule has 1 fully saturated rings. The van der Waals surface area contributed by atoms with Gasteiger partial charge in [-0.25, -0.2) is 0 Å². The van der Waals surface area contributed by atoms with E-state index in [1.165, 1.54) is 0 Å².